The molecule has 0 saturated heterocycles. The molecule has 2 N–H and O–H groups in total. The molecule has 0 amide bonds. The van der Waals surface area contributed by atoms with E-state index in [2.05, 4.69) is 0 Å². The summed E-state index contributed by atoms with van der Waals surface area (Å²) >= 11 is 0. The maximum atomic E-state index is 10.6. The van der Waals surface area contributed by atoms with Crippen LogP contribution in [0.4, 0.5) is 11.4 Å². The van der Waals surface area contributed by atoms with Gasteiger partial charge in [-0.1, -0.05) is 0 Å². The number of anilines is 1. The van der Waals surface area contributed by atoms with Crippen molar-refractivity contribution in [2.75, 3.05) is 5.73 Å². The molecule has 1 aromatic heterocycles. The second kappa shape index (κ2) is 2.48. The third-order valence-electron chi connectivity index (χ3n) is 1.77. The van der Waals surface area contributed by atoms with Crippen molar-refractivity contribution in [1.29, 1.82) is 0 Å². The van der Waals surface area contributed by atoms with Crippen LogP contribution in [0.3, 0.4) is 0 Å². The van der Waals surface area contributed by atoms with E-state index < -0.39 is 4.92 Å². The number of benzene rings is 1. The van der Waals surface area contributed by atoms with Gasteiger partial charge in [0, 0.05) is 17.8 Å². The van der Waals surface area contributed by atoms with E-state index in [0.717, 1.165) is 0 Å². The summed E-state index contributed by atoms with van der Waals surface area (Å²) in [7, 11) is 0. The number of nitrogens with two attached hydrogens (primary N) is 1. The standard InChI is InChI=1S/C8H6N2O3/c9-5-3-7(10(11)12)6-1-2-13-8(6)4-5/h1-4H,9H2. The Morgan fingerprint density at radius 3 is 2.92 bits per heavy atom. The van der Waals surface area contributed by atoms with Crippen LogP contribution >= 0.6 is 0 Å². The SMILES string of the molecule is Nc1cc([N+](=O)[O-])c2ccoc2c1. The normalized spacial score (nSPS) is 10.5. The highest BCUT2D eigenvalue weighted by atomic mass is 16.6. The van der Waals surface area contributed by atoms with Crippen LogP contribution in [0.25, 0.3) is 11.0 Å². The van der Waals surface area contributed by atoms with Gasteiger partial charge in [0.25, 0.3) is 5.69 Å². The number of rotatable bonds is 1. The summed E-state index contributed by atoms with van der Waals surface area (Å²) < 4.78 is 5.01. The van der Waals surface area contributed by atoms with E-state index in [1.807, 2.05) is 0 Å². The van der Waals surface area contributed by atoms with Crippen molar-refractivity contribution in [2.24, 2.45) is 0 Å². The summed E-state index contributed by atoms with van der Waals surface area (Å²) in [4.78, 5) is 10.1. The van der Waals surface area contributed by atoms with Crippen molar-refractivity contribution in [3.05, 3.63) is 34.6 Å². The number of fused-ring (bicyclic) bond motifs is 1. The Kier molecular flexibility index (Phi) is 1.45. The molecule has 0 aliphatic carbocycles. The largest absolute Gasteiger partial charge is 0.464 e. The maximum absolute atomic E-state index is 10.6. The van der Waals surface area contributed by atoms with E-state index in [1.165, 1.54) is 12.3 Å². The van der Waals surface area contributed by atoms with Crippen molar-refractivity contribution in [2.45, 2.75) is 0 Å². The molecule has 1 heterocycles. The Bertz CT molecular complexity index is 475. The highest BCUT2D eigenvalue weighted by molar-refractivity contribution is 5.89. The summed E-state index contributed by atoms with van der Waals surface area (Å²) in [6.07, 6.45) is 1.40. The van der Waals surface area contributed by atoms with Crippen LogP contribution in [0.5, 0.6) is 0 Å². The number of nitrogen functional groups attached to an aromatic ring is 1. The number of nitro benzene ring substituents is 1. The van der Waals surface area contributed by atoms with Crippen molar-refractivity contribution >= 4 is 22.3 Å². The van der Waals surface area contributed by atoms with E-state index in [-0.39, 0.29) is 5.69 Å². The molecule has 0 aliphatic heterocycles. The third-order valence-corrected chi connectivity index (χ3v) is 1.77. The third kappa shape index (κ3) is 1.10. The van der Waals surface area contributed by atoms with Crippen LogP contribution in [-0.2, 0) is 0 Å². The molecule has 5 nitrogen and oxygen atoms in total. The lowest BCUT2D eigenvalue weighted by atomic mass is 10.2. The highest BCUT2D eigenvalue weighted by Crippen LogP contribution is 2.28. The van der Waals surface area contributed by atoms with Gasteiger partial charge in [0.2, 0.25) is 0 Å². The Balaban J connectivity index is 2.84. The predicted octanol–water partition coefficient (Wildman–Crippen LogP) is 1.92. The van der Waals surface area contributed by atoms with Crippen LogP contribution in [-0.4, -0.2) is 4.92 Å². The van der Waals surface area contributed by atoms with Gasteiger partial charge in [0.15, 0.2) is 0 Å². The van der Waals surface area contributed by atoms with Crippen LogP contribution < -0.4 is 5.73 Å². The van der Waals surface area contributed by atoms with Crippen LogP contribution in [0, 0.1) is 10.1 Å². The number of hydrogen-bond acceptors (Lipinski definition) is 4. The smallest absolute Gasteiger partial charge is 0.282 e. The molecular formula is C8H6N2O3. The van der Waals surface area contributed by atoms with Gasteiger partial charge in [-0.3, -0.25) is 10.1 Å². The van der Waals surface area contributed by atoms with Crippen molar-refractivity contribution < 1.29 is 9.34 Å². The first-order valence-electron chi connectivity index (χ1n) is 3.59. The zero-order valence-electron chi connectivity index (χ0n) is 6.56. The molecule has 2 aromatic rings. The van der Waals surface area contributed by atoms with Gasteiger partial charge in [0.1, 0.15) is 5.58 Å². The average molecular weight is 178 g/mol. The number of nitrogens with zero attached hydrogens (tertiary/aromatic N) is 1. The summed E-state index contributed by atoms with van der Waals surface area (Å²) in [5, 5.41) is 11.0. The minimum Gasteiger partial charge on any atom is -0.464 e. The molecule has 13 heavy (non-hydrogen) atoms. The average Bonchev–Trinajstić information content (AvgIpc) is 2.49. The molecule has 0 aliphatic rings. The second-order valence-corrected chi connectivity index (χ2v) is 2.63. The first kappa shape index (κ1) is 7.60. The van der Waals surface area contributed by atoms with Gasteiger partial charge < -0.3 is 10.2 Å². The molecule has 2 rings (SSSR count). The van der Waals surface area contributed by atoms with E-state index >= 15 is 0 Å². The molecule has 0 saturated carbocycles. The number of hydrogen-bond donors (Lipinski definition) is 1. The van der Waals surface area contributed by atoms with E-state index in [9.17, 15) is 10.1 Å². The zero-order valence-corrected chi connectivity index (χ0v) is 6.56. The summed E-state index contributed by atoms with van der Waals surface area (Å²) in [5.74, 6) is 0. The molecule has 5 heteroatoms. The summed E-state index contributed by atoms with van der Waals surface area (Å²) in [6.45, 7) is 0. The van der Waals surface area contributed by atoms with Gasteiger partial charge in [-0.2, -0.15) is 0 Å². The maximum Gasteiger partial charge on any atom is 0.282 e. The van der Waals surface area contributed by atoms with Crippen LogP contribution in [0.1, 0.15) is 0 Å². The van der Waals surface area contributed by atoms with Crippen molar-refractivity contribution in [1.82, 2.24) is 0 Å². The number of non-ortho nitro benzene ring substituents is 1. The summed E-state index contributed by atoms with van der Waals surface area (Å²) in [5.41, 5.74) is 6.20. The molecule has 0 radical (unpaired) electrons. The molecule has 0 unspecified atom stereocenters. The topological polar surface area (TPSA) is 82.3 Å². The Morgan fingerprint density at radius 1 is 1.46 bits per heavy atom. The fourth-order valence-electron chi connectivity index (χ4n) is 1.22. The Labute approximate surface area is 72.9 Å². The van der Waals surface area contributed by atoms with E-state index in [1.54, 1.807) is 12.1 Å². The minimum absolute atomic E-state index is 0.0243. The molecule has 0 bridgehead atoms. The molecular weight excluding hydrogens is 172 g/mol. The van der Waals surface area contributed by atoms with Crippen LogP contribution in [0.15, 0.2) is 28.9 Å². The van der Waals surface area contributed by atoms with Gasteiger partial charge in [-0.15, -0.1) is 0 Å². The quantitative estimate of drug-likeness (QED) is 0.410. The lowest BCUT2D eigenvalue weighted by Gasteiger charge is -1.95. The minimum atomic E-state index is -0.478. The fourth-order valence-corrected chi connectivity index (χ4v) is 1.22. The molecule has 1 aromatic carbocycles. The monoisotopic (exact) mass is 178 g/mol. The first-order valence-corrected chi connectivity index (χ1v) is 3.59. The van der Waals surface area contributed by atoms with Gasteiger partial charge >= 0.3 is 0 Å². The van der Waals surface area contributed by atoms with Gasteiger partial charge in [-0.05, 0) is 6.07 Å². The Hall–Kier alpha value is -2.04. The van der Waals surface area contributed by atoms with Crippen molar-refractivity contribution in [3.63, 3.8) is 0 Å². The predicted molar refractivity (Wildman–Crippen MR) is 47.3 cm³/mol. The first-order chi connectivity index (χ1) is 6.18. The van der Waals surface area contributed by atoms with Crippen LogP contribution in [0.2, 0.25) is 0 Å². The number of nitro groups is 1. The fraction of sp³-hybridized carbons (Fsp3) is 0. The molecule has 0 fully saturated rings. The van der Waals surface area contributed by atoms with Gasteiger partial charge in [-0.25, -0.2) is 0 Å². The van der Waals surface area contributed by atoms with Gasteiger partial charge in [0.05, 0.1) is 16.6 Å². The highest BCUT2D eigenvalue weighted by Gasteiger charge is 2.14. The number of furan rings is 1. The zero-order chi connectivity index (χ0) is 9.42. The summed E-state index contributed by atoms with van der Waals surface area (Å²) in [6, 6.07) is 4.42. The lowest BCUT2D eigenvalue weighted by molar-refractivity contribution is -0.383. The van der Waals surface area contributed by atoms with E-state index in [4.69, 9.17) is 10.2 Å². The molecule has 0 atom stereocenters. The van der Waals surface area contributed by atoms with Crippen molar-refractivity contribution in [3.8, 4) is 0 Å². The van der Waals surface area contributed by atoms with E-state index in [0.29, 0.717) is 16.7 Å². The second-order valence-electron chi connectivity index (χ2n) is 2.63. The Morgan fingerprint density at radius 2 is 2.23 bits per heavy atom. The molecule has 66 valence electrons. The lowest BCUT2D eigenvalue weighted by Crippen LogP contribution is -1.91. The molecule has 0 spiro atoms.